The molecule has 0 saturated heterocycles. The summed E-state index contributed by atoms with van der Waals surface area (Å²) in [7, 11) is 0. The van der Waals surface area contributed by atoms with E-state index in [1.807, 2.05) is 73.7 Å². The summed E-state index contributed by atoms with van der Waals surface area (Å²) >= 11 is 0. The lowest BCUT2D eigenvalue weighted by Gasteiger charge is -2.06. The quantitative estimate of drug-likeness (QED) is 0.691. The Hall–Kier alpha value is -3.45. The number of rotatable bonds is 4. The molecule has 0 saturated carbocycles. The van der Waals surface area contributed by atoms with Crippen molar-refractivity contribution in [2.24, 2.45) is 0 Å². The molecule has 130 valence electrons. The van der Waals surface area contributed by atoms with Crippen molar-refractivity contribution in [2.75, 3.05) is 18.5 Å². The molecule has 4 nitrogen and oxygen atoms in total. The Bertz CT molecular complexity index is 965. The van der Waals surface area contributed by atoms with Gasteiger partial charge in [-0.05, 0) is 36.1 Å². The first-order valence-electron chi connectivity index (χ1n) is 8.40. The minimum absolute atomic E-state index is 0.260. The third kappa shape index (κ3) is 4.78. The van der Waals surface area contributed by atoms with Crippen LogP contribution in [-0.4, -0.2) is 19.2 Å². The Balaban J connectivity index is 1.45. The van der Waals surface area contributed by atoms with E-state index in [0.717, 1.165) is 27.8 Å². The van der Waals surface area contributed by atoms with Crippen LogP contribution < -0.4 is 15.4 Å². The fourth-order valence-corrected chi connectivity index (χ4v) is 2.57. The van der Waals surface area contributed by atoms with Gasteiger partial charge in [0.1, 0.15) is 12.4 Å². The number of hydrogen-bond donors (Lipinski definition) is 2. The highest BCUT2D eigenvalue weighted by Crippen LogP contribution is 2.24. The number of anilines is 1. The zero-order valence-corrected chi connectivity index (χ0v) is 14.6. The van der Waals surface area contributed by atoms with E-state index < -0.39 is 0 Å². The molecule has 0 aliphatic rings. The molecule has 0 atom stereocenters. The lowest BCUT2D eigenvalue weighted by molar-refractivity contribution is 0.253. The highest BCUT2D eigenvalue weighted by molar-refractivity contribution is 5.89. The molecule has 3 aromatic carbocycles. The van der Waals surface area contributed by atoms with Crippen molar-refractivity contribution in [3.8, 4) is 17.6 Å². The minimum Gasteiger partial charge on any atom is -0.480 e. The van der Waals surface area contributed by atoms with Gasteiger partial charge in [-0.3, -0.25) is 0 Å². The molecule has 26 heavy (non-hydrogen) atoms. The van der Waals surface area contributed by atoms with E-state index in [2.05, 4.69) is 22.5 Å². The summed E-state index contributed by atoms with van der Waals surface area (Å²) in [6.45, 7) is 2.51. The third-order valence-corrected chi connectivity index (χ3v) is 3.79. The number of urea groups is 1. The van der Waals surface area contributed by atoms with Crippen molar-refractivity contribution in [1.82, 2.24) is 5.32 Å². The molecule has 0 spiro atoms. The van der Waals surface area contributed by atoms with Crippen LogP contribution in [0.1, 0.15) is 5.56 Å². The van der Waals surface area contributed by atoms with Crippen LogP contribution >= 0.6 is 0 Å². The number of amides is 2. The topological polar surface area (TPSA) is 50.4 Å². The molecule has 3 rings (SSSR count). The summed E-state index contributed by atoms with van der Waals surface area (Å²) in [6.07, 6.45) is 0. The van der Waals surface area contributed by atoms with Gasteiger partial charge < -0.3 is 15.4 Å². The number of carbonyl (C=O) groups is 1. The standard InChI is InChI=1S/C22H20N2O2/c1-17-8-6-11-19(16-17)24-22(25)23-14-4-5-15-26-21-13-7-10-18-9-2-3-12-20(18)21/h2-3,6-13,16H,14-15H2,1H3,(H2,23,24,25). The minimum atomic E-state index is -0.278. The number of fused-ring (bicyclic) bond motifs is 1. The molecule has 0 unspecified atom stereocenters. The van der Waals surface area contributed by atoms with E-state index in [1.165, 1.54) is 0 Å². The average Bonchev–Trinajstić information content (AvgIpc) is 2.64. The zero-order valence-electron chi connectivity index (χ0n) is 14.6. The van der Waals surface area contributed by atoms with Gasteiger partial charge in [-0.2, -0.15) is 0 Å². The van der Waals surface area contributed by atoms with Crippen LogP contribution in [0.3, 0.4) is 0 Å². The number of ether oxygens (including phenoxy) is 1. The molecule has 4 heteroatoms. The predicted molar refractivity (Wildman–Crippen MR) is 105 cm³/mol. The fourth-order valence-electron chi connectivity index (χ4n) is 2.57. The van der Waals surface area contributed by atoms with Crippen LogP contribution in [0.25, 0.3) is 10.8 Å². The predicted octanol–water partition coefficient (Wildman–Crippen LogP) is 4.35. The average molecular weight is 344 g/mol. The summed E-state index contributed by atoms with van der Waals surface area (Å²) in [5.74, 6) is 6.60. The summed E-state index contributed by atoms with van der Waals surface area (Å²) in [6, 6.07) is 21.3. The molecule has 0 fully saturated rings. The Labute approximate surface area is 153 Å². The summed E-state index contributed by atoms with van der Waals surface area (Å²) in [5.41, 5.74) is 1.85. The molecule has 2 N–H and O–H groups in total. The van der Waals surface area contributed by atoms with Gasteiger partial charge in [0, 0.05) is 11.1 Å². The van der Waals surface area contributed by atoms with Gasteiger partial charge in [0.2, 0.25) is 0 Å². The van der Waals surface area contributed by atoms with Gasteiger partial charge in [-0.1, -0.05) is 60.4 Å². The first-order valence-corrected chi connectivity index (χ1v) is 8.40. The largest absolute Gasteiger partial charge is 0.480 e. The number of aryl methyl sites for hydroxylation is 1. The third-order valence-electron chi connectivity index (χ3n) is 3.79. The molecule has 0 heterocycles. The summed E-state index contributed by atoms with van der Waals surface area (Å²) in [4.78, 5) is 11.8. The SMILES string of the molecule is Cc1cccc(NC(=O)NCC#CCOc2cccc3ccccc23)c1. The molecular formula is C22H20N2O2. The first-order chi connectivity index (χ1) is 12.7. The highest BCUT2D eigenvalue weighted by atomic mass is 16.5. The Morgan fingerprint density at radius 3 is 2.69 bits per heavy atom. The van der Waals surface area contributed by atoms with Crippen LogP contribution in [-0.2, 0) is 0 Å². The van der Waals surface area contributed by atoms with E-state index in [1.54, 1.807) is 0 Å². The lowest BCUT2D eigenvalue weighted by atomic mass is 10.1. The van der Waals surface area contributed by atoms with Crippen LogP contribution in [0.2, 0.25) is 0 Å². The number of hydrogen-bond acceptors (Lipinski definition) is 2. The van der Waals surface area contributed by atoms with Crippen LogP contribution in [0.4, 0.5) is 10.5 Å². The number of nitrogens with one attached hydrogen (secondary N) is 2. The van der Waals surface area contributed by atoms with Crippen molar-refractivity contribution in [2.45, 2.75) is 6.92 Å². The maximum atomic E-state index is 11.8. The normalized spacial score (nSPS) is 9.88. The Morgan fingerprint density at radius 2 is 1.81 bits per heavy atom. The molecule has 2 amide bonds. The van der Waals surface area contributed by atoms with Crippen LogP contribution in [0.15, 0.2) is 66.7 Å². The Kier molecular flexibility index (Phi) is 5.74. The van der Waals surface area contributed by atoms with Crippen molar-refractivity contribution >= 4 is 22.5 Å². The van der Waals surface area contributed by atoms with E-state index >= 15 is 0 Å². The highest BCUT2D eigenvalue weighted by Gasteiger charge is 2.00. The van der Waals surface area contributed by atoms with Gasteiger partial charge in [-0.25, -0.2) is 4.79 Å². The Morgan fingerprint density at radius 1 is 1.00 bits per heavy atom. The molecule has 0 bridgehead atoms. The lowest BCUT2D eigenvalue weighted by Crippen LogP contribution is -2.28. The van der Waals surface area contributed by atoms with Gasteiger partial charge in [-0.15, -0.1) is 0 Å². The molecule has 0 radical (unpaired) electrons. The summed E-state index contributed by atoms with van der Waals surface area (Å²) in [5, 5.41) is 7.66. The van der Waals surface area contributed by atoms with Gasteiger partial charge in [0.05, 0.1) is 6.54 Å². The van der Waals surface area contributed by atoms with Crippen molar-refractivity contribution in [3.63, 3.8) is 0 Å². The smallest absolute Gasteiger partial charge is 0.319 e. The van der Waals surface area contributed by atoms with E-state index in [-0.39, 0.29) is 19.2 Å². The maximum Gasteiger partial charge on any atom is 0.319 e. The summed E-state index contributed by atoms with van der Waals surface area (Å²) < 4.78 is 5.73. The van der Waals surface area contributed by atoms with E-state index in [9.17, 15) is 4.79 Å². The van der Waals surface area contributed by atoms with E-state index in [4.69, 9.17) is 4.74 Å². The van der Waals surface area contributed by atoms with Crippen molar-refractivity contribution < 1.29 is 9.53 Å². The molecular weight excluding hydrogens is 324 g/mol. The maximum absolute atomic E-state index is 11.8. The second-order valence-electron chi connectivity index (χ2n) is 5.80. The molecule has 0 aliphatic carbocycles. The number of benzene rings is 3. The monoisotopic (exact) mass is 344 g/mol. The van der Waals surface area contributed by atoms with Gasteiger partial charge >= 0.3 is 6.03 Å². The van der Waals surface area contributed by atoms with Crippen molar-refractivity contribution in [3.05, 3.63) is 72.3 Å². The van der Waals surface area contributed by atoms with Gasteiger partial charge in [0.15, 0.2) is 0 Å². The van der Waals surface area contributed by atoms with Crippen LogP contribution in [0, 0.1) is 18.8 Å². The van der Waals surface area contributed by atoms with Crippen LogP contribution in [0.5, 0.6) is 5.75 Å². The van der Waals surface area contributed by atoms with Gasteiger partial charge in [0.25, 0.3) is 0 Å². The second kappa shape index (κ2) is 8.59. The van der Waals surface area contributed by atoms with Crippen molar-refractivity contribution in [1.29, 1.82) is 0 Å². The van der Waals surface area contributed by atoms with E-state index in [0.29, 0.717) is 0 Å². The first kappa shape index (κ1) is 17.4. The molecule has 3 aromatic rings. The molecule has 0 aliphatic heterocycles. The fraction of sp³-hybridized carbons (Fsp3) is 0.136. The second-order valence-corrected chi connectivity index (χ2v) is 5.80. The zero-order chi connectivity index (χ0) is 18.2. The number of carbonyl (C=O) groups excluding carboxylic acids is 1. The molecule has 0 aromatic heterocycles.